The van der Waals surface area contributed by atoms with Gasteiger partial charge < -0.3 is 10.1 Å². The zero-order valence-corrected chi connectivity index (χ0v) is 18.7. The van der Waals surface area contributed by atoms with Crippen molar-refractivity contribution in [3.05, 3.63) is 59.7 Å². The van der Waals surface area contributed by atoms with E-state index in [9.17, 15) is 13.2 Å². The molecule has 1 amide bonds. The Morgan fingerprint density at radius 3 is 2.20 bits per heavy atom. The van der Waals surface area contributed by atoms with Crippen molar-refractivity contribution in [3.63, 3.8) is 0 Å². The molecule has 164 valence electrons. The molecule has 2 rings (SSSR count). The van der Waals surface area contributed by atoms with Gasteiger partial charge in [0.2, 0.25) is 15.9 Å². The average molecular weight is 433 g/mol. The Morgan fingerprint density at radius 2 is 1.63 bits per heavy atom. The molecule has 0 heterocycles. The number of primary sulfonamides is 1. The highest BCUT2D eigenvalue weighted by Crippen LogP contribution is 2.18. The van der Waals surface area contributed by atoms with Crippen LogP contribution in [0.5, 0.6) is 5.75 Å². The lowest BCUT2D eigenvalue weighted by Crippen LogP contribution is -2.29. The quantitative estimate of drug-likeness (QED) is 0.530. The minimum absolute atomic E-state index is 0.0195. The number of hydrogen-bond donors (Lipinski definition) is 2. The zero-order valence-electron chi connectivity index (χ0n) is 17.9. The van der Waals surface area contributed by atoms with Crippen LogP contribution in [-0.2, 0) is 21.2 Å². The van der Waals surface area contributed by atoms with Crippen LogP contribution < -0.4 is 15.2 Å². The van der Waals surface area contributed by atoms with Crippen LogP contribution in [0.2, 0.25) is 0 Å². The van der Waals surface area contributed by atoms with Crippen LogP contribution in [-0.4, -0.2) is 27.5 Å². The van der Waals surface area contributed by atoms with Crippen molar-refractivity contribution in [2.75, 3.05) is 13.2 Å². The summed E-state index contributed by atoms with van der Waals surface area (Å²) in [5.74, 6) is 1.03. The second kappa shape index (κ2) is 11.1. The van der Waals surface area contributed by atoms with Crippen molar-refractivity contribution >= 4 is 15.9 Å². The average Bonchev–Trinajstić information content (AvgIpc) is 2.69. The predicted molar refractivity (Wildman–Crippen MR) is 119 cm³/mol. The molecule has 1 unspecified atom stereocenters. The Kier molecular flexibility index (Phi) is 8.87. The molecule has 1 atom stereocenters. The summed E-state index contributed by atoms with van der Waals surface area (Å²) in [5, 5.41) is 8.04. The molecule has 2 aromatic carbocycles. The van der Waals surface area contributed by atoms with E-state index in [4.69, 9.17) is 9.88 Å². The van der Waals surface area contributed by atoms with E-state index in [1.54, 1.807) is 12.1 Å². The summed E-state index contributed by atoms with van der Waals surface area (Å²) < 4.78 is 28.0. The SMILES string of the molecule is CC(C)Cc1ccc(C(C)C(=O)NCCCCOc2ccc(S(N)(=O)=O)cc2)cc1. The molecule has 2 aromatic rings. The van der Waals surface area contributed by atoms with Gasteiger partial charge in [-0.15, -0.1) is 0 Å². The van der Waals surface area contributed by atoms with E-state index in [0.29, 0.717) is 24.8 Å². The number of hydrogen-bond acceptors (Lipinski definition) is 4. The molecule has 3 N–H and O–H groups in total. The highest BCUT2D eigenvalue weighted by Gasteiger charge is 2.14. The van der Waals surface area contributed by atoms with E-state index < -0.39 is 10.0 Å². The topological polar surface area (TPSA) is 98.5 Å². The van der Waals surface area contributed by atoms with Crippen molar-refractivity contribution in [2.45, 2.75) is 50.8 Å². The minimum atomic E-state index is -3.69. The molecule has 0 saturated heterocycles. The Bertz CT molecular complexity index is 907. The van der Waals surface area contributed by atoms with Crippen LogP contribution in [0.3, 0.4) is 0 Å². The summed E-state index contributed by atoms with van der Waals surface area (Å²) in [6.07, 6.45) is 2.61. The van der Waals surface area contributed by atoms with Gasteiger partial charge in [-0.05, 0) is 67.5 Å². The van der Waals surface area contributed by atoms with Crippen LogP contribution in [0, 0.1) is 5.92 Å². The lowest BCUT2D eigenvalue weighted by atomic mass is 9.96. The summed E-state index contributed by atoms with van der Waals surface area (Å²) in [7, 11) is -3.69. The molecule has 0 fully saturated rings. The maximum Gasteiger partial charge on any atom is 0.238 e. The van der Waals surface area contributed by atoms with Crippen LogP contribution >= 0.6 is 0 Å². The number of nitrogens with two attached hydrogens (primary N) is 1. The van der Waals surface area contributed by atoms with E-state index in [2.05, 4.69) is 31.3 Å². The third-order valence-electron chi connectivity index (χ3n) is 4.81. The molecule has 0 aliphatic heterocycles. The lowest BCUT2D eigenvalue weighted by Gasteiger charge is -2.14. The molecule has 0 saturated carbocycles. The molecule has 0 bridgehead atoms. The Labute approximate surface area is 179 Å². The largest absolute Gasteiger partial charge is 0.494 e. The first-order chi connectivity index (χ1) is 14.2. The first-order valence-electron chi connectivity index (χ1n) is 10.3. The van der Waals surface area contributed by atoms with E-state index in [1.807, 2.05) is 19.1 Å². The molecule has 7 heteroatoms. The van der Waals surface area contributed by atoms with Crippen molar-refractivity contribution < 1.29 is 17.9 Å². The molecule has 0 aromatic heterocycles. The maximum absolute atomic E-state index is 12.4. The van der Waals surface area contributed by atoms with Crippen molar-refractivity contribution in [2.24, 2.45) is 11.1 Å². The molecule has 0 aliphatic rings. The number of benzene rings is 2. The predicted octanol–water partition coefficient (Wildman–Crippen LogP) is 3.61. The van der Waals surface area contributed by atoms with Crippen molar-refractivity contribution in [1.82, 2.24) is 5.32 Å². The van der Waals surface area contributed by atoms with Gasteiger partial charge in [0, 0.05) is 6.54 Å². The van der Waals surface area contributed by atoms with Gasteiger partial charge in [0.05, 0.1) is 17.4 Å². The smallest absolute Gasteiger partial charge is 0.238 e. The first kappa shape index (κ1) is 23.9. The maximum atomic E-state index is 12.4. The monoisotopic (exact) mass is 432 g/mol. The summed E-state index contributed by atoms with van der Waals surface area (Å²) in [6.45, 7) is 7.37. The Balaban J connectivity index is 1.67. The first-order valence-corrected chi connectivity index (χ1v) is 11.8. The molecular weight excluding hydrogens is 400 g/mol. The molecule has 0 spiro atoms. The van der Waals surface area contributed by atoms with Gasteiger partial charge in [0.25, 0.3) is 0 Å². The molecular formula is C23H32N2O4S. The molecule has 0 radical (unpaired) electrons. The van der Waals surface area contributed by atoms with E-state index in [0.717, 1.165) is 24.8 Å². The zero-order chi connectivity index (χ0) is 22.1. The van der Waals surface area contributed by atoms with Gasteiger partial charge in [-0.25, -0.2) is 13.6 Å². The number of carbonyl (C=O) groups is 1. The Hall–Kier alpha value is -2.38. The summed E-state index contributed by atoms with van der Waals surface area (Å²) in [6, 6.07) is 14.3. The van der Waals surface area contributed by atoms with Crippen LogP contribution in [0.25, 0.3) is 0 Å². The van der Waals surface area contributed by atoms with E-state index in [-0.39, 0.29) is 16.7 Å². The number of ether oxygens (including phenoxy) is 1. The summed E-state index contributed by atoms with van der Waals surface area (Å²) in [5.41, 5.74) is 2.31. The van der Waals surface area contributed by atoms with Crippen LogP contribution in [0.15, 0.2) is 53.4 Å². The third-order valence-corrected chi connectivity index (χ3v) is 5.74. The molecule has 30 heavy (non-hydrogen) atoms. The Morgan fingerprint density at radius 1 is 1.00 bits per heavy atom. The lowest BCUT2D eigenvalue weighted by molar-refractivity contribution is -0.122. The minimum Gasteiger partial charge on any atom is -0.494 e. The van der Waals surface area contributed by atoms with Gasteiger partial charge >= 0.3 is 0 Å². The van der Waals surface area contributed by atoms with E-state index >= 15 is 0 Å². The van der Waals surface area contributed by atoms with Crippen LogP contribution in [0.1, 0.15) is 50.7 Å². The van der Waals surface area contributed by atoms with Gasteiger partial charge in [-0.2, -0.15) is 0 Å². The van der Waals surface area contributed by atoms with Crippen molar-refractivity contribution in [3.8, 4) is 5.75 Å². The fourth-order valence-corrected chi connectivity index (χ4v) is 3.59. The second-order valence-electron chi connectivity index (χ2n) is 7.92. The number of rotatable bonds is 11. The number of amides is 1. The fourth-order valence-electron chi connectivity index (χ4n) is 3.07. The van der Waals surface area contributed by atoms with Crippen LogP contribution in [0.4, 0.5) is 0 Å². The highest BCUT2D eigenvalue weighted by atomic mass is 32.2. The van der Waals surface area contributed by atoms with Gasteiger partial charge in [-0.1, -0.05) is 38.1 Å². The number of sulfonamides is 1. The molecule has 0 aliphatic carbocycles. The highest BCUT2D eigenvalue weighted by molar-refractivity contribution is 7.89. The summed E-state index contributed by atoms with van der Waals surface area (Å²) in [4.78, 5) is 12.4. The second-order valence-corrected chi connectivity index (χ2v) is 9.49. The molecule has 6 nitrogen and oxygen atoms in total. The number of nitrogens with one attached hydrogen (secondary N) is 1. The standard InChI is InChI=1S/C23H32N2O4S/c1-17(2)16-19-6-8-20(9-7-19)18(3)23(26)25-14-4-5-15-29-21-10-12-22(13-11-21)30(24,27)28/h6-13,17-18H,4-5,14-16H2,1-3H3,(H,25,26)(H2,24,27,28). The summed E-state index contributed by atoms with van der Waals surface area (Å²) >= 11 is 0. The number of carbonyl (C=O) groups excluding carboxylic acids is 1. The fraction of sp³-hybridized carbons (Fsp3) is 0.435. The number of unbranched alkanes of at least 4 members (excludes halogenated alkanes) is 1. The normalized spacial score (nSPS) is 12.6. The third kappa shape index (κ3) is 7.80. The van der Waals surface area contributed by atoms with Crippen molar-refractivity contribution in [1.29, 1.82) is 0 Å². The van der Waals surface area contributed by atoms with E-state index in [1.165, 1.54) is 17.7 Å². The van der Waals surface area contributed by atoms with Gasteiger partial charge in [-0.3, -0.25) is 4.79 Å². The van der Waals surface area contributed by atoms with Gasteiger partial charge in [0.1, 0.15) is 5.75 Å². The van der Waals surface area contributed by atoms with Gasteiger partial charge in [0.15, 0.2) is 0 Å².